The zero-order chi connectivity index (χ0) is 36.6. The Kier molecular flexibility index (Phi) is 10.1. The molecule has 2 fully saturated rings. The number of ketones is 1. The molecule has 10 nitrogen and oxygen atoms in total. The van der Waals surface area contributed by atoms with Gasteiger partial charge in [0.1, 0.15) is 18.8 Å². The van der Waals surface area contributed by atoms with Gasteiger partial charge < -0.3 is 10.0 Å². The molecular formula is C40H47N4O6S2+. The fourth-order valence-electron chi connectivity index (χ4n) is 7.83. The molecule has 3 N–H and O–H groups in total. The average Bonchev–Trinajstić information content (AvgIpc) is 3.53. The van der Waals surface area contributed by atoms with Crippen molar-refractivity contribution in [3.8, 4) is 0 Å². The number of Topliss-reactive ketones (excluding diaryl/α,β-unsaturated/α-hetero) is 1. The molecule has 7 rings (SSSR count). The molecule has 0 aromatic heterocycles. The zero-order valence-corrected chi connectivity index (χ0v) is 31.4. The number of hydrogen-bond acceptors (Lipinski definition) is 7. The molecule has 0 radical (unpaired) electrons. The summed E-state index contributed by atoms with van der Waals surface area (Å²) in [6, 6.07) is 5.30. The van der Waals surface area contributed by atoms with E-state index in [1.54, 1.807) is 74.6 Å². The van der Waals surface area contributed by atoms with E-state index in [0.29, 0.717) is 0 Å². The standard InChI is InChI=1S/C40H46N4O6S2/c1-27-13-11-15-35(27)51(47,48)41-33-25-29(43-21-7-3-4-8-22-43)17-19-31(33)37-39(45)38(40(37)46)32-20-18-30(44-23-9-5-6-10-24-44)26-34(32)42-52(49,50)36-16-12-14-28(36)2/h11-20,25-28H,3-10,21-24H2,1-2H3,(H2,41,42,45,46)/p+1. The number of rotatable bonds is 8. The molecule has 1 aromatic rings. The van der Waals surface area contributed by atoms with E-state index in [1.165, 1.54) is 0 Å². The molecule has 0 spiro atoms. The lowest BCUT2D eigenvalue weighted by Gasteiger charge is -2.29. The van der Waals surface area contributed by atoms with Crippen LogP contribution in [0.3, 0.4) is 0 Å². The van der Waals surface area contributed by atoms with Gasteiger partial charge in [-0.3, -0.25) is 14.2 Å². The van der Waals surface area contributed by atoms with Crippen LogP contribution in [-0.4, -0.2) is 64.2 Å². The minimum absolute atomic E-state index is 0.0246. The van der Waals surface area contributed by atoms with Gasteiger partial charge in [0.15, 0.2) is 0 Å². The summed E-state index contributed by atoms with van der Waals surface area (Å²) in [5, 5.41) is 11.7. The molecule has 2 unspecified atom stereocenters. The smallest absolute Gasteiger partial charge is 0.258 e. The van der Waals surface area contributed by atoms with Gasteiger partial charge in [-0.2, -0.15) is 0 Å². The average molecular weight is 744 g/mol. The third kappa shape index (κ3) is 7.02. The number of nitrogens with zero attached hydrogens (tertiary/aromatic N) is 2. The number of sulfonamides is 2. The van der Waals surface area contributed by atoms with Gasteiger partial charge in [0.2, 0.25) is 11.5 Å². The summed E-state index contributed by atoms with van der Waals surface area (Å²) in [5.74, 6) is -1.45. The van der Waals surface area contributed by atoms with Crippen LogP contribution in [0.1, 0.15) is 70.8 Å². The lowest BCUT2D eigenvalue weighted by atomic mass is 9.79. The highest BCUT2D eigenvalue weighted by Gasteiger charge is 2.41. The summed E-state index contributed by atoms with van der Waals surface area (Å²) in [5.41, 5.74) is 2.52. The fraction of sp³-hybridized carbons (Fsp3) is 0.400. The van der Waals surface area contributed by atoms with Crippen LogP contribution < -0.4 is 14.3 Å². The summed E-state index contributed by atoms with van der Waals surface area (Å²) >= 11 is 0. The van der Waals surface area contributed by atoms with Crippen molar-refractivity contribution in [2.45, 2.75) is 65.2 Å². The van der Waals surface area contributed by atoms with Gasteiger partial charge in [-0.1, -0.05) is 51.0 Å². The number of carbonyl (C=O) groups is 1. The van der Waals surface area contributed by atoms with Gasteiger partial charge in [0.25, 0.3) is 20.0 Å². The van der Waals surface area contributed by atoms with Crippen LogP contribution in [0, 0.1) is 11.8 Å². The monoisotopic (exact) mass is 743 g/mol. The molecule has 0 amide bonds. The second-order valence-electron chi connectivity index (χ2n) is 14.4. The Morgan fingerprint density at radius 3 is 1.94 bits per heavy atom. The van der Waals surface area contributed by atoms with Crippen LogP contribution >= 0.6 is 0 Å². The predicted octanol–water partition coefficient (Wildman–Crippen LogP) is 6.54. The van der Waals surface area contributed by atoms with Gasteiger partial charge >= 0.3 is 0 Å². The maximum Gasteiger partial charge on any atom is 0.258 e. The number of anilines is 2. The lowest BCUT2D eigenvalue weighted by Crippen LogP contribution is -2.32. The number of aliphatic hydroxyl groups excluding tert-OH is 1. The van der Waals surface area contributed by atoms with Crippen molar-refractivity contribution in [1.29, 1.82) is 0 Å². The van der Waals surface area contributed by atoms with Crippen LogP contribution in [0.5, 0.6) is 0 Å². The van der Waals surface area contributed by atoms with E-state index < -0.39 is 25.8 Å². The Labute approximate surface area is 307 Å². The molecule has 274 valence electrons. The third-order valence-corrected chi connectivity index (χ3v) is 14.0. The summed E-state index contributed by atoms with van der Waals surface area (Å²) in [6.45, 7) is 6.94. The molecule has 2 aliphatic heterocycles. The van der Waals surface area contributed by atoms with Crippen molar-refractivity contribution < 1.29 is 31.3 Å². The maximum atomic E-state index is 14.2. The lowest BCUT2D eigenvalue weighted by molar-refractivity contribution is -0.524. The molecule has 52 heavy (non-hydrogen) atoms. The Morgan fingerprint density at radius 1 is 0.769 bits per heavy atom. The Balaban J connectivity index is 1.31. The summed E-state index contributed by atoms with van der Waals surface area (Å²) in [6.07, 6.45) is 24.1. The normalized spacial score (nSPS) is 25.5. The van der Waals surface area contributed by atoms with Crippen LogP contribution in [-0.2, 0) is 24.8 Å². The van der Waals surface area contributed by atoms with Crippen molar-refractivity contribution in [2.75, 3.05) is 35.8 Å². The first kappa shape index (κ1) is 36.0. The van der Waals surface area contributed by atoms with Gasteiger partial charge in [-0.25, -0.2) is 21.4 Å². The summed E-state index contributed by atoms with van der Waals surface area (Å²) in [7, 11) is -8.00. The third-order valence-electron chi connectivity index (χ3n) is 10.7. The van der Waals surface area contributed by atoms with Crippen molar-refractivity contribution in [3.05, 3.63) is 111 Å². The van der Waals surface area contributed by atoms with E-state index >= 15 is 0 Å². The molecule has 2 atom stereocenters. The number of nitrogens with one attached hydrogen (secondary N) is 2. The van der Waals surface area contributed by atoms with Gasteiger partial charge in [0.05, 0.1) is 32.3 Å². The number of aliphatic hydroxyl groups is 1. The van der Waals surface area contributed by atoms with E-state index in [2.05, 4.69) is 18.9 Å². The number of hydrogen-bond donors (Lipinski definition) is 3. The first-order chi connectivity index (χ1) is 24.9. The second-order valence-corrected chi connectivity index (χ2v) is 17.8. The van der Waals surface area contributed by atoms with Crippen LogP contribution in [0.4, 0.5) is 11.4 Å². The van der Waals surface area contributed by atoms with E-state index in [1.807, 2.05) is 12.1 Å². The van der Waals surface area contributed by atoms with Crippen molar-refractivity contribution in [3.63, 3.8) is 0 Å². The topological polar surface area (TPSA) is 136 Å². The van der Waals surface area contributed by atoms with E-state index in [4.69, 9.17) is 0 Å². The molecule has 12 heteroatoms. The van der Waals surface area contributed by atoms with E-state index in [9.17, 15) is 26.7 Å². The summed E-state index contributed by atoms with van der Waals surface area (Å²) in [4.78, 5) is 16.9. The molecule has 0 saturated carbocycles. The molecule has 0 bridgehead atoms. The SMILES string of the molecule is CC1C=CC=C1S(=O)(=O)NC1=CC(=[N+]2CCCCCC2)C=C/C1=C1\C(=O)C(c2ccc(N3CCCCCC3)cc2NS(=O)(=O)C2=CC=CC2C)=C1O. The van der Waals surface area contributed by atoms with E-state index in [-0.39, 0.29) is 61.1 Å². The minimum Gasteiger partial charge on any atom is -0.506 e. The van der Waals surface area contributed by atoms with Gasteiger partial charge in [0, 0.05) is 66.7 Å². The first-order valence-electron chi connectivity index (χ1n) is 18.4. The highest BCUT2D eigenvalue weighted by Crippen LogP contribution is 2.44. The van der Waals surface area contributed by atoms with Gasteiger partial charge in [-0.15, -0.1) is 0 Å². The van der Waals surface area contributed by atoms with Crippen LogP contribution in [0.15, 0.2) is 105 Å². The van der Waals surface area contributed by atoms with Crippen LogP contribution in [0.25, 0.3) is 5.57 Å². The first-order valence-corrected chi connectivity index (χ1v) is 21.4. The van der Waals surface area contributed by atoms with Gasteiger partial charge in [-0.05, 0) is 62.1 Å². The highest BCUT2D eigenvalue weighted by atomic mass is 32.2. The number of benzene rings is 1. The Morgan fingerprint density at radius 2 is 1.37 bits per heavy atom. The highest BCUT2D eigenvalue weighted by molar-refractivity contribution is 7.96. The van der Waals surface area contributed by atoms with Crippen molar-refractivity contribution >= 4 is 48.5 Å². The quantitative estimate of drug-likeness (QED) is 0.203. The van der Waals surface area contributed by atoms with Crippen molar-refractivity contribution in [2.24, 2.45) is 11.8 Å². The largest absolute Gasteiger partial charge is 0.506 e. The molecule has 2 heterocycles. The fourth-order valence-corrected chi connectivity index (χ4v) is 10.6. The Hall–Kier alpha value is -4.42. The predicted molar refractivity (Wildman–Crippen MR) is 207 cm³/mol. The van der Waals surface area contributed by atoms with Crippen molar-refractivity contribution in [1.82, 2.24) is 4.72 Å². The Bertz CT molecular complexity index is 2180. The zero-order valence-electron chi connectivity index (χ0n) is 29.8. The maximum absolute atomic E-state index is 14.2. The minimum atomic E-state index is -4.00. The number of carbonyl (C=O) groups excluding carboxylic acids is 1. The molecule has 4 aliphatic carbocycles. The molecule has 2 saturated heterocycles. The summed E-state index contributed by atoms with van der Waals surface area (Å²) < 4.78 is 62.5. The van der Waals surface area contributed by atoms with E-state index in [0.717, 1.165) is 88.9 Å². The molecular weight excluding hydrogens is 697 g/mol. The number of allylic oxidation sites excluding steroid dienone is 13. The molecule has 1 aromatic carbocycles. The van der Waals surface area contributed by atoms with Crippen LogP contribution in [0.2, 0.25) is 0 Å². The molecule has 6 aliphatic rings. The second kappa shape index (κ2) is 14.5.